The van der Waals surface area contributed by atoms with Crippen LogP contribution in [0.5, 0.6) is 5.75 Å². The second kappa shape index (κ2) is 10.3. The predicted molar refractivity (Wildman–Crippen MR) is 110 cm³/mol. The molecular weight excluding hydrogens is 370 g/mol. The van der Waals surface area contributed by atoms with Crippen LogP contribution < -0.4 is 15.4 Å². The van der Waals surface area contributed by atoms with E-state index in [1.165, 1.54) is 17.7 Å². The third-order valence-electron chi connectivity index (χ3n) is 5.77. The number of nitrogens with zero attached hydrogens (tertiary/aromatic N) is 1. The third kappa shape index (κ3) is 5.95. The molecule has 2 aliphatic rings. The molecule has 158 valence electrons. The molecule has 0 aromatic heterocycles. The van der Waals surface area contributed by atoms with Gasteiger partial charge in [0.15, 0.2) is 0 Å². The van der Waals surface area contributed by atoms with Crippen LogP contribution in [0.1, 0.15) is 56.9 Å². The van der Waals surface area contributed by atoms with E-state index in [9.17, 15) is 14.4 Å². The van der Waals surface area contributed by atoms with Gasteiger partial charge in [-0.05, 0) is 43.4 Å². The average molecular weight is 402 g/mol. The molecule has 1 aromatic carbocycles. The number of hydrogen-bond donors (Lipinski definition) is 2. The van der Waals surface area contributed by atoms with E-state index in [0.717, 1.165) is 37.0 Å². The Balaban J connectivity index is 1.43. The predicted octanol–water partition coefficient (Wildman–Crippen LogP) is 2.78. The molecule has 4 amide bonds. The van der Waals surface area contributed by atoms with Crippen LogP contribution in [0, 0.1) is 0 Å². The van der Waals surface area contributed by atoms with Crippen molar-refractivity contribution in [3.05, 3.63) is 29.8 Å². The van der Waals surface area contributed by atoms with Crippen molar-refractivity contribution in [2.24, 2.45) is 0 Å². The summed E-state index contributed by atoms with van der Waals surface area (Å²) in [6.07, 6.45) is 8.02. The van der Waals surface area contributed by atoms with Crippen LogP contribution in [0.15, 0.2) is 24.3 Å². The average Bonchev–Trinajstić information content (AvgIpc) is 2.89. The summed E-state index contributed by atoms with van der Waals surface area (Å²) in [4.78, 5) is 38.3. The van der Waals surface area contributed by atoms with Crippen LogP contribution >= 0.6 is 0 Å². The monoisotopic (exact) mass is 401 g/mol. The minimum atomic E-state index is -0.613. The Hall–Kier alpha value is -2.57. The van der Waals surface area contributed by atoms with E-state index in [2.05, 4.69) is 10.6 Å². The van der Waals surface area contributed by atoms with Gasteiger partial charge >= 0.3 is 6.03 Å². The lowest BCUT2D eigenvalue weighted by Gasteiger charge is -2.17. The number of amides is 4. The summed E-state index contributed by atoms with van der Waals surface area (Å²) in [5, 5.41) is 5.80. The van der Waals surface area contributed by atoms with Gasteiger partial charge < -0.3 is 15.4 Å². The largest absolute Gasteiger partial charge is 0.497 e. The van der Waals surface area contributed by atoms with Crippen LogP contribution in [0.25, 0.3) is 0 Å². The van der Waals surface area contributed by atoms with Crippen molar-refractivity contribution < 1.29 is 19.1 Å². The van der Waals surface area contributed by atoms with Crippen LogP contribution in [0.3, 0.4) is 0 Å². The number of imide groups is 1. The molecular formula is C22H31N3O4. The van der Waals surface area contributed by atoms with Crippen molar-refractivity contribution in [3.63, 3.8) is 0 Å². The number of hydrogen-bond acceptors (Lipinski definition) is 4. The number of urea groups is 1. The molecule has 1 atom stereocenters. The summed E-state index contributed by atoms with van der Waals surface area (Å²) in [5.41, 5.74) is 1.03. The smallest absolute Gasteiger partial charge is 0.324 e. The van der Waals surface area contributed by atoms with E-state index in [0.29, 0.717) is 19.4 Å². The van der Waals surface area contributed by atoms with Crippen molar-refractivity contribution in [1.82, 2.24) is 15.5 Å². The fourth-order valence-electron chi connectivity index (χ4n) is 4.02. The Kier molecular flexibility index (Phi) is 7.49. The van der Waals surface area contributed by atoms with Gasteiger partial charge in [0.2, 0.25) is 5.91 Å². The second-order valence-electron chi connectivity index (χ2n) is 7.88. The first-order chi connectivity index (χ1) is 14.1. The van der Waals surface area contributed by atoms with Crippen LogP contribution in [-0.2, 0) is 16.0 Å². The lowest BCUT2D eigenvalue weighted by molar-refractivity contribution is -0.127. The standard InChI is InChI=1S/C22H31N3O4/c1-29-18-10-8-16(9-11-18)14-15-25-21(27)19(24-22(25)28)12-13-20(26)23-17-6-4-2-3-5-7-17/h8-11,17,19H,2-7,12-15H2,1H3,(H,23,26)(H,24,28)/t19-/m0/s1. The number of carbonyl (C=O) groups excluding carboxylic acids is 3. The first-order valence-corrected chi connectivity index (χ1v) is 10.6. The molecule has 7 heteroatoms. The summed E-state index contributed by atoms with van der Waals surface area (Å²) < 4.78 is 5.13. The number of benzene rings is 1. The topological polar surface area (TPSA) is 87.7 Å². The molecule has 0 bridgehead atoms. The Morgan fingerprint density at radius 1 is 1.14 bits per heavy atom. The van der Waals surface area contributed by atoms with E-state index in [-0.39, 0.29) is 30.3 Å². The quantitative estimate of drug-likeness (QED) is 0.518. The molecule has 1 saturated heterocycles. The maximum Gasteiger partial charge on any atom is 0.324 e. The van der Waals surface area contributed by atoms with Crippen molar-refractivity contribution in [2.75, 3.05) is 13.7 Å². The van der Waals surface area contributed by atoms with Crippen LogP contribution in [0.4, 0.5) is 4.79 Å². The molecule has 2 N–H and O–H groups in total. The van der Waals surface area contributed by atoms with Gasteiger partial charge in [-0.3, -0.25) is 14.5 Å². The molecule has 2 fully saturated rings. The summed E-state index contributed by atoms with van der Waals surface area (Å²) in [5.74, 6) is 0.493. The normalized spacial score (nSPS) is 20.3. The fraction of sp³-hybridized carbons (Fsp3) is 0.591. The molecule has 1 saturated carbocycles. The molecule has 7 nitrogen and oxygen atoms in total. The Morgan fingerprint density at radius 3 is 2.48 bits per heavy atom. The van der Waals surface area contributed by atoms with Gasteiger partial charge in [-0.1, -0.05) is 37.8 Å². The number of carbonyl (C=O) groups is 3. The molecule has 0 unspecified atom stereocenters. The van der Waals surface area contributed by atoms with Gasteiger partial charge in [0, 0.05) is 19.0 Å². The fourth-order valence-corrected chi connectivity index (χ4v) is 4.02. The van der Waals surface area contributed by atoms with Crippen molar-refractivity contribution >= 4 is 17.8 Å². The zero-order valence-corrected chi connectivity index (χ0v) is 17.1. The highest BCUT2D eigenvalue weighted by Gasteiger charge is 2.37. The number of methoxy groups -OCH3 is 1. The van der Waals surface area contributed by atoms with E-state index in [1.54, 1.807) is 7.11 Å². The minimum absolute atomic E-state index is 0.0318. The summed E-state index contributed by atoms with van der Waals surface area (Å²) in [6.45, 7) is 0.321. The highest BCUT2D eigenvalue weighted by molar-refractivity contribution is 6.04. The van der Waals surface area contributed by atoms with E-state index < -0.39 is 6.04 Å². The molecule has 29 heavy (non-hydrogen) atoms. The maximum atomic E-state index is 12.6. The minimum Gasteiger partial charge on any atom is -0.497 e. The molecule has 1 heterocycles. The number of rotatable bonds is 8. The molecule has 3 rings (SSSR count). The Bertz CT molecular complexity index is 711. The summed E-state index contributed by atoms with van der Waals surface area (Å²) in [6, 6.07) is 6.82. The van der Waals surface area contributed by atoms with Gasteiger partial charge in [0.25, 0.3) is 5.91 Å². The van der Waals surface area contributed by atoms with Crippen molar-refractivity contribution in [3.8, 4) is 5.75 Å². The van der Waals surface area contributed by atoms with Crippen LogP contribution in [-0.4, -0.2) is 48.5 Å². The Labute approximate surface area is 172 Å². The summed E-state index contributed by atoms with van der Waals surface area (Å²) >= 11 is 0. The highest BCUT2D eigenvalue weighted by Crippen LogP contribution is 2.18. The number of ether oxygens (including phenoxy) is 1. The van der Waals surface area contributed by atoms with Gasteiger partial charge in [0.05, 0.1) is 7.11 Å². The lowest BCUT2D eigenvalue weighted by atomic mass is 10.1. The second-order valence-corrected chi connectivity index (χ2v) is 7.88. The van der Waals surface area contributed by atoms with Gasteiger partial charge in [-0.2, -0.15) is 0 Å². The maximum absolute atomic E-state index is 12.6. The van der Waals surface area contributed by atoms with E-state index in [1.807, 2.05) is 24.3 Å². The third-order valence-corrected chi connectivity index (χ3v) is 5.77. The molecule has 1 aliphatic carbocycles. The highest BCUT2D eigenvalue weighted by atomic mass is 16.5. The SMILES string of the molecule is COc1ccc(CCN2C(=O)N[C@@H](CCC(=O)NC3CCCCCC3)C2=O)cc1. The number of nitrogens with one attached hydrogen (secondary N) is 2. The first kappa shape index (κ1) is 21.1. The zero-order chi connectivity index (χ0) is 20.6. The Morgan fingerprint density at radius 2 is 1.83 bits per heavy atom. The molecule has 0 radical (unpaired) electrons. The van der Waals surface area contributed by atoms with Gasteiger partial charge in [-0.25, -0.2) is 4.79 Å². The van der Waals surface area contributed by atoms with Crippen molar-refractivity contribution in [2.45, 2.75) is 69.9 Å². The first-order valence-electron chi connectivity index (χ1n) is 10.6. The van der Waals surface area contributed by atoms with Gasteiger partial charge in [0.1, 0.15) is 11.8 Å². The summed E-state index contributed by atoms with van der Waals surface area (Å²) in [7, 11) is 1.61. The molecule has 1 aliphatic heterocycles. The molecule has 1 aromatic rings. The lowest BCUT2D eigenvalue weighted by Crippen LogP contribution is -2.36. The van der Waals surface area contributed by atoms with E-state index in [4.69, 9.17) is 4.74 Å². The zero-order valence-electron chi connectivity index (χ0n) is 17.1. The van der Waals surface area contributed by atoms with Crippen molar-refractivity contribution in [1.29, 1.82) is 0 Å². The van der Waals surface area contributed by atoms with Crippen LogP contribution in [0.2, 0.25) is 0 Å². The molecule has 0 spiro atoms. The van der Waals surface area contributed by atoms with Gasteiger partial charge in [-0.15, -0.1) is 0 Å². The van der Waals surface area contributed by atoms with E-state index >= 15 is 0 Å².